The molecule has 0 atom stereocenters. The first-order valence-corrected chi connectivity index (χ1v) is 8.03. The van der Waals surface area contributed by atoms with Gasteiger partial charge in [-0.2, -0.15) is 9.71 Å². The van der Waals surface area contributed by atoms with Crippen LogP contribution in [0.15, 0.2) is 23.1 Å². The summed E-state index contributed by atoms with van der Waals surface area (Å²) in [6.45, 7) is 6.55. The van der Waals surface area contributed by atoms with Gasteiger partial charge in [-0.15, -0.1) is 0 Å². The standard InChI is InChI=1S/C16H22N4O4/c1-16(2,3)24-15(22)18-9-6-11(7-10-18)20-12-5-4-8-19(23)13(12)17-14(20)21/h4-5,8,11,23H,6-7,9-10H2,1-3H3. The summed E-state index contributed by atoms with van der Waals surface area (Å²) in [4.78, 5) is 29.9. The molecule has 0 saturated carbocycles. The minimum atomic E-state index is -0.522. The Hall–Kier alpha value is -2.51. The lowest BCUT2D eigenvalue weighted by Crippen LogP contribution is -2.43. The van der Waals surface area contributed by atoms with Crippen LogP contribution in [0.4, 0.5) is 4.79 Å². The van der Waals surface area contributed by atoms with Crippen molar-refractivity contribution in [2.45, 2.75) is 45.3 Å². The van der Waals surface area contributed by atoms with E-state index in [4.69, 9.17) is 4.74 Å². The van der Waals surface area contributed by atoms with Gasteiger partial charge in [-0.3, -0.25) is 4.57 Å². The van der Waals surface area contributed by atoms with E-state index in [9.17, 15) is 14.8 Å². The monoisotopic (exact) mass is 334 g/mol. The van der Waals surface area contributed by atoms with Crippen LogP contribution in [0.5, 0.6) is 0 Å². The van der Waals surface area contributed by atoms with Gasteiger partial charge < -0.3 is 14.8 Å². The Labute approximate surface area is 139 Å². The molecule has 0 aromatic rings. The minimum Gasteiger partial charge on any atom is -0.444 e. The van der Waals surface area contributed by atoms with Crippen molar-refractivity contribution >= 4 is 6.09 Å². The van der Waals surface area contributed by atoms with Crippen molar-refractivity contribution in [2.24, 2.45) is 0 Å². The average Bonchev–Trinajstić information content (AvgIpc) is 2.83. The van der Waals surface area contributed by atoms with Crippen molar-refractivity contribution in [3.8, 4) is 11.5 Å². The fraction of sp³-hybridized carbons (Fsp3) is 0.562. The summed E-state index contributed by atoms with van der Waals surface area (Å²) in [6, 6.07) is 3.37. The fourth-order valence-corrected chi connectivity index (χ4v) is 3.01. The maximum Gasteiger partial charge on any atom is 0.410 e. The van der Waals surface area contributed by atoms with Gasteiger partial charge in [0.05, 0.1) is 5.69 Å². The van der Waals surface area contributed by atoms with Crippen molar-refractivity contribution in [1.82, 2.24) is 19.2 Å². The molecule has 3 aliphatic heterocycles. The lowest BCUT2D eigenvalue weighted by molar-refractivity contribution is 0.0188. The number of pyridine rings is 1. The topological polar surface area (TPSA) is 89.6 Å². The van der Waals surface area contributed by atoms with Gasteiger partial charge in [-0.25, -0.2) is 9.59 Å². The third kappa shape index (κ3) is 3.08. The summed E-state index contributed by atoms with van der Waals surface area (Å²) in [6.07, 6.45) is 2.39. The molecule has 0 aromatic carbocycles. The number of likely N-dealkylation sites (tertiary alicyclic amines) is 1. The third-order valence-corrected chi connectivity index (χ3v) is 4.08. The minimum absolute atomic E-state index is 0.0522. The van der Waals surface area contributed by atoms with Crippen LogP contribution in [0.3, 0.4) is 0 Å². The number of rotatable bonds is 1. The molecule has 1 N–H and O–H groups in total. The molecule has 8 heteroatoms. The lowest BCUT2D eigenvalue weighted by atomic mass is 10.0. The Balaban J connectivity index is 1.74. The molecule has 0 aromatic heterocycles. The van der Waals surface area contributed by atoms with Crippen molar-refractivity contribution < 1.29 is 14.7 Å². The summed E-state index contributed by atoms with van der Waals surface area (Å²) >= 11 is 0. The molecule has 3 rings (SSSR count). The predicted octanol–water partition coefficient (Wildman–Crippen LogP) is 1.96. The highest BCUT2D eigenvalue weighted by atomic mass is 16.6. The highest BCUT2D eigenvalue weighted by Gasteiger charge is 2.30. The zero-order chi connectivity index (χ0) is 17.5. The highest BCUT2D eigenvalue weighted by molar-refractivity contribution is 5.68. The van der Waals surface area contributed by atoms with E-state index in [1.54, 1.807) is 21.6 Å². The first-order chi connectivity index (χ1) is 11.3. The molecule has 0 radical (unpaired) electrons. The second-order valence-electron chi connectivity index (χ2n) is 7.02. The Kier molecular flexibility index (Phi) is 3.98. The van der Waals surface area contributed by atoms with E-state index in [-0.39, 0.29) is 23.6 Å². The smallest absolute Gasteiger partial charge is 0.410 e. The first kappa shape index (κ1) is 16.4. The number of imidazole rings is 1. The van der Waals surface area contributed by atoms with E-state index in [1.807, 2.05) is 20.8 Å². The molecule has 0 spiro atoms. The van der Waals surface area contributed by atoms with Crippen molar-refractivity contribution in [3.63, 3.8) is 0 Å². The largest absolute Gasteiger partial charge is 0.444 e. The van der Waals surface area contributed by atoms with Gasteiger partial charge in [0.15, 0.2) is 5.82 Å². The molecule has 1 fully saturated rings. The highest BCUT2D eigenvalue weighted by Crippen LogP contribution is 2.28. The number of piperidine rings is 1. The second-order valence-corrected chi connectivity index (χ2v) is 7.02. The molecule has 0 aliphatic carbocycles. The normalized spacial score (nSPS) is 16.5. The summed E-state index contributed by atoms with van der Waals surface area (Å²) in [7, 11) is 0. The quantitative estimate of drug-likeness (QED) is 0.805. The van der Waals surface area contributed by atoms with Gasteiger partial charge in [-0.05, 0) is 45.7 Å². The lowest BCUT2D eigenvalue weighted by Gasteiger charge is -2.34. The van der Waals surface area contributed by atoms with Gasteiger partial charge in [0.25, 0.3) is 0 Å². The van der Waals surface area contributed by atoms with Crippen molar-refractivity contribution in [3.05, 3.63) is 28.8 Å². The number of hydrogen-bond acceptors (Lipinski definition) is 5. The molecule has 0 bridgehead atoms. The Morgan fingerprint density at radius 3 is 2.62 bits per heavy atom. The van der Waals surface area contributed by atoms with Crippen molar-refractivity contribution in [2.75, 3.05) is 13.1 Å². The fourth-order valence-electron chi connectivity index (χ4n) is 3.01. The van der Waals surface area contributed by atoms with Gasteiger partial charge in [0.2, 0.25) is 0 Å². The molecule has 130 valence electrons. The average molecular weight is 334 g/mol. The number of fused-ring (bicyclic) bond motifs is 1. The Morgan fingerprint density at radius 1 is 1.33 bits per heavy atom. The van der Waals surface area contributed by atoms with Crippen LogP contribution in [0.2, 0.25) is 0 Å². The van der Waals surface area contributed by atoms with Crippen LogP contribution in [0.25, 0.3) is 11.5 Å². The molecule has 8 nitrogen and oxygen atoms in total. The summed E-state index contributed by atoms with van der Waals surface area (Å²) in [5, 5.41) is 9.76. The maximum atomic E-state index is 12.2. The molecule has 1 amide bonds. The van der Waals surface area contributed by atoms with Crippen LogP contribution in [0, 0.1) is 0 Å². The number of carbonyl (C=O) groups is 1. The molecule has 24 heavy (non-hydrogen) atoms. The molecule has 0 unspecified atom stereocenters. The summed E-state index contributed by atoms with van der Waals surface area (Å²) in [5.41, 5.74) is -0.304. The number of aromatic nitrogens is 3. The molecule has 3 heterocycles. The summed E-state index contributed by atoms with van der Waals surface area (Å²) in [5.74, 6) is 0.247. The van der Waals surface area contributed by atoms with E-state index >= 15 is 0 Å². The number of ether oxygens (including phenoxy) is 1. The van der Waals surface area contributed by atoms with Gasteiger partial charge in [0.1, 0.15) is 5.60 Å². The Morgan fingerprint density at radius 2 is 2.00 bits per heavy atom. The zero-order valence-corrected chi connectivity index (χ0v) is 14.1. The number of carbonyl (C=O) groups excluding carboxylic acids is 1. The Bertz CT molecular complexity index is 765. The predicted molar refractivity (Wildman–Crippen MR) is 86.4 cm³/mol. The number of amides is 1. The van der Waals surface area contributed by atoms with Crippen LogP contribution in [-0.4, -0.2) is 49.2 Å². The van der Waals surface area contributed by atoms with E-state index < -0.39 is 5.60 Å². The van der Waals surface area contributed by atoms with Gasteiger partial charge in [0, 0.05) is 25.3 Å². The number of nitrogens with zero attached hydrogens (tertiary/aromatic N) is 4. The van der Waals surface area contributed by atoms with Crippen LogP contribution >= 0.6 is 0 Å². The van der Waals surface area contributed by atoms with Crippen LogP contribution in [0.1, 0.15) is 39.7 Å². The summed E-state index contributed by atoms with van der Waals surface area (Å²) < 4.78 is 7.84. The molecular weight excluding hydrogens is 312 g/mol. The van der Waals surface area contributed by atoms with E-state index in [2.05, 4.69) is 4.98 Å². The SMILES string of the molecule is CC(C)(C)OC(=O)N1CCC(n2c3cccn(O)c-3nc2=O)CC1. The second kappa shape index (κ2) is 5.85. The van der Waals surface area contributed by atoms with E-state index in [0.29, 0.717) is 31.6 Å². The molecular formula is C16H22N4O4. The van der Waals surface area contributed by atoms with Gasteiger partial charge in [-0.1, -0.05) is 0 Å². The molecule has 1 saturated heterocycles. The van der Waals surface area contributed by atoms with Crippen LogP contribution in [-0.2, 0) is 4.74 Å². The van der Waals surface area contributed by atoms with E-state index in [0.717, 1.165) is 4.73 Å². The first-order valence-electron chi connectivity index (χ1n) is 8.03. The van der Waals surface area contributed by atoms with Crippen molar-refractivity contribution in [1.29, 1.82) is 0 Å². The maximum absolute atomic E-state index is 12.2. The third-order valence-electron chi connectivity index (χ3n) is 4.08. The zero-order valence-electron chi connectivity index (χ0n) is 14.1. The van der Waals surface area contributed by atoms with Crippen LogP contribution < -0.4 is 5.69 Å². The number of hydrogen-bond donors (Lipinski definition) is 1. The van der Waals surface area contributed by atoms with E-state index in [1.165, 1.54) is 6.20 Å². The van der Waals surface area contributed by atoms with Gasteiger partial charge >= 0.3 is 11.8 Å². The molecule has 3 aliphatic rings.